The Morgan fingerprint density at radius 1 is 0.326 bits per heavy atom. The van der Waals surface area contributed by atoms with E-state index in [0.717, 1.165) is 126 Å². The highest BCUT2D eigenvalue weighted by Gasteiger charge is 2.30. The minimum atomic E-state index is -4.95. The standard InChI is InChI=1S/C67H130O17P2/c1-9-59(7)45-37-29-23-25-31-39-47-64(69)77-53-62(83-66(71)49-41-33-21-16-14-12-11-13-15-19-27-35-43-57(3)4)55-81-85(73,74)79-51-61(68)52-80-86(75,76)82-56-63(54-78-65(70)48-40-32-26-24-30-38-46-60(8)10-2)84-67(72)50-42-34-22-18-17-20-28-36-44-58(5)6/h57-63,68H,9-56H2,1-8H3,(H,73,74)(H,75,76)/t59?,60?,61-,62+,63+/m0/s1. The first-order chi connectivity index (χ1) is 41.2. The fourth-order valence-corrected chi connectivity index (χ4v) is 11.5. The molecule has 0 aliphatic carbocycles. The van der Waals surface area contributed by atoms with Crippen LogP contribution in [0.25, 0.3) is 0 Å². The molecule has 0 bridgehead atoms. The van der Waals surface area contributed by atoms with E-state index >= 15 is 0 Å². The first kappa shape index (κ1) is 84.1. The van der Waals surface area contributed by atoms with E-state index in [9.17, 15) is 43.2 Å². The summed E-state index contributed by atoms with van der Waals surface area (Å²) in [6.45, 7) is 14.0. The maximum absolute atomic E-state index is 13.0. The number of ether oxygens (including phenoxy) is 4. The molecule has 0 amide bonds. The molecule has 0 aromatic rings. The second-order valence-corrected chi connectivity index (χ2v) is 28.6. The minimum Gasteiger partial charge on any atom is -0.462 e. The average Bonchev–Trinajstić information content (AvgIpc) is 3.65. The van der Waals surface area contributed by atoms with Gasteiger partial charge in [0, 0.05) is 25.7 Å². The van der Waals surface area contributed by atoms with Gasteiger partial charge in [0.15, 0.2) is 12.2 Å². The van der Waals surface area contributed by atoms with Crippen LogP contribution in [0.3, 0.4) is 0 Å². The highest BCUT2D eigenvalue weighted by atomic mass is 31.2. The van der Waals surface area contributed by atoms with Crippen molar-refractivity contribution in [2.24, 2.45) is 23.7 Å². The number of phosphoric acid groups is 2. The summed E-state index contributed by atoms with van der Waals surface area (Å²) in [5.74, 6) is 0.820. The number of phosphoric ester groups is 2. The number of esters is 4. The van der Waals surface area contributed by atoms with Gasteiger partial charge in [-0.15, -0.1) is 0 Å². The van der Waals surface area contributed by atoms with Gasteiger partial charge in [-0.05, 0) is 49.4 Å². The van der Waals surface area contributed by atoms with Crippen molar-refractivity contribution in [3.05, 3.63) is 0 Å². The number of hydrogen-bond acceptors (Lipinski definition) is 15. The van der Waals surface area contributed by atoms with Crippen LogP contribution in [-0.2, 0) is 65.4 Å². The zero-order valence-electron chi connectivity index (χ0n) is 55.9. The predicted octanol–water partition coefficient (Wildman–Crippen LogP) is 18.5. The van der Waals surface area contributed by atoms with Crippen molar-refractivity contribution in [2.75, 3.05) is 39.6 Å². The van der Waals surface area contributed by atoms with Crippen molar-refractivity contribution in [3.8, 4) is 0 Å². The number of aliphatic hydroxyl groups is 1. The van der Waals surface area contributed by atoms with Gasteiger partial charge in [-0.2, -0.15) is 0 Å². The van der Waals surface area contributed by atoms with Gasteiger partial charge >= 0.3 is 39.5 Å². The average molecular weight is 1270 g/mol. The molecule has 0 saturated heterocycles. The summed E-state index contributed by atoms with van der Waals surface area (Å²) in [4.78, 5) is 72.4. The van der Waals surface area contributed by atoms with E-state index in [1.165, 1.54) is 116 Å². The Hall–Kier alpha value is -1.94. The summed E-state index contributed by atoms with van der Waals surface area (Å²) >= 11 is 0. The SMILES string of the molecule is CCC(C)CCCCCCCCC(=O)OC[C@H](COP(=O)(O)OC[C@H](O)COP(=O)(O)OC[C@@H](COC(=O)CCCCCCCCC(C)CC)OC(=O)CCCCCCCCCCC(C)C)OC(=O)CCCCCCCCCCCCCCC(C)C. The van der Waals surface area contributed by atoms with Gasteiger partial charge in [-0.3, -0.25) is 37.3 Å². The molecule has 4 unspecified atom stereocenters. The fraction of sp³-hybridized carbons (Fsp3) is 0.940. The van der Waals surface area contributed by atoms with Crippen molar-refractivity contribution < 1.29 is 80.2 Å². The molecule has 86 heavy (non-hydrogen) atoms. The van der Waals surface area contributed by atoms with Crippen molar-refractivity contribution in [2.45, 2.75) is 343 Å². The van der Waals surface area contributed by atoms with E-state index in [1.807, 2.05) is 0 Å². The molecule has 0 rings (SSSR count). The molecule has 0 fully saturated rings. The number of hydrogen-bond donors (Lipinski definition) is 3. The van der Waals surface area contributed by atoms with Gasteiger partial charge in [0.2, 0.25) is 0 Å². The molecule has 0 spiro atoms. The Labute approximate surface area is 524 Å². The third-order valence-electron chi connectivity index (χ3n) is 16.0. The molecule has 19 heteroatoms. The minimum absolute atomic E-state index is 0.103. The lowest BCUT2D eigenvalue weighted by Gasteiger charge is -2.21. The van der Waals surface area contributed by atoms with Crippen LogP contribution in [0.2, 0.25) is 0 Å². The third-order valence-corrected chi connectivity index (χ3v) is 17.9. The van der Waals surface area contributed by atoms with Gasteiger partial charge < -0.3 is 33.8 Å². The molecule has 3 N–H and O–H groups in total. The first-order valence-corrected chi connectivity index (χ1v) is 37.8. The quantitative estimate of drug-likeness (QED) is 0.0222. The van der Waals surface area contributed by atoms with Crippen molar-refractivity contribution in [1.82, 2.24) is 0 Å². The molecule has 0 aromatic carbocycles. The zero-order chi connectivity index (χ0) is 63.9. The van der Waals surface area contributed by atoms with Crippen LogP contribution < -0.4 is 0 Å². The van der Waals surface area contributed by atoms with E-state index in [2.05, 4.69) is 55.4 Å². The zero-order valence-corrected chi connectivity index (χ0v) is 57.7. The summed E-state index contributed by atoms with van der Waals surface area (Å²) in [6, 6.07) is 0. The Morgan fingerprint density at radius 2 is 0.558 bits per heavy atom. The molecule has 17 nitrogen and oxygen atoms in total. The Morgan fingerprint density at radius 3 is 0.826 bits per heavy atom. The first-order valence-electron chi connectivity index (χ1n) is 34.8. The summed E-state index contributed by atoms with van der Waals surface area (Å²) in [5.41, 5.74) is 0. The topological polar surface area (TPSA) is 237 Å². The summed E-state index contributed by atoms with van der Waals surface area (Å²) in [6.07, 6.45) is 37.6. The predicted molar refractivity (Wildman–Crippen MR) is 344 cm³/mol. The molecule has 0 saturated carbocycles. The number of unbranched alkanes of at least 4 members (excludes halogenated alkanes) is 28. The molecule has 7 atom stereocenters. The molecule has 0 aromatic heterocycles. The Balaban J connectivity index is 5.26. The molecule has 0 radical (unpaired) electrons. The summed E-state index contributed by atoms with van der Waals surface area (Å²) in [7, 11) is -9.90. The maximum Gasteiger partial charge on any atom is 0.472 e. The lowest BCUT2D eigenvalue weighted by molar-refractivity contribution is -0.161. The Bertz CT molecular complexity index is 1720. The van der Waals surface area contributed by atoms with E-state index < -0.39 is 97.5 Å². The van der Waals surface area contributed by atoms with Crippen LogP contribution in [0.4, 0.5) is 0 Å². The van der Waals surface area contributed by atoms with Gasteiger partial charge in [-0.1, -0.05) is 274 Å². The van der Waals surface area contributed by atoms with Crippen LogP contribution in [0.5, 0.6) is 0 Å². The lowest BCUT2D eigenvalue weighted by Crippen LogP contribution is -2.30. The van der Waals surface area contributed by atoms with Crippen molar-refractivity contribution in [3.63, 3.8) is 0 Å². The van der Waals surface area contributed by atoms with Crippen LogP contribution >= 0.6 is 15.6 Å². The number of carbonyl (C=O) groups excluding carboxylic acids is 4. The molecule has 0 aliphatic rings. The highest BCUT2D eigenvalue weighted by Crippen LogP contribution is 2.45. The second-order valence-electron chi connectivity index (χ2n) is 25.6. The number of aliphatic hydroxyl groups excluding tert-OH is 1. The van der Waals surface area contributed by atoms with E-state index in [-0.39, 0.29) is 25.7 Å². The van der Waals surface area contributed by atoms with Gasteiger partial charge in [-0.25, -0.2) is 9.13 Å². The largest absolute Gasteiger partial charge is 0.472 e. The number of rotatable bonds is 64. The van der Waals surface area contributed by atoms with E-state index in [0.29, 0.717) is 25.7 Å². The smallest absolute Gasteiger partial charge is 0.462 e. The second kappa shape index (κ2) is 57.0. The van der Waals surface area contributed by atoms with Gasteiger partial charge in [0.25, 0.3) is 0 Å². The van der Waals surface area contributed by atoms with Crippen molar-refractivity contribution in [1.29, 1.82) is 0 Å². The fourth-order valence-electron chi connectivity index (χ4n) is 9.89. The van der Waals surface area contributed by atoms with E-state index in [1.54, 1.807) is 0 Å². The molecule has 0 heterocycles. The Kier molecular flexibility index (Phi) is 55.7. The molecule has 0 aliphatic heterocycles. The molecule has 510 valence electrons. The van der Waals surface area contributed by atoms with Crippen LogP contribution in [0.1, 0.15) is 325 Å². The normalized spacial score (nSPS) is 15.0. The van der Waals surface area contributed by atoms with Crippen LogP contribution in [0.15, 0.2) is 0 Å². The third kappa shape index (κ3) is 58.4. The summed E-state index contributed by atoms with van der Waals surface area (Å²) < 4.78 is 68.1. The maximum atomic E-state index is 13.0. The van der Waals surface area contributed by atoms with E-state index in [4.69, 9.17) is 37.0 Å². The van der Waals surface area contributed by atoms with Crippen LogP contribution in [0, 0.1) is 23.7 Å². The van der Waals surface area contributed by atoms with Crippen LogP contribution in [-0.4, -0.2) is 96.7 Å². The highest BCUT2D eigenvalue weighted by molar-refractivity contribution is 7.47. The van der Waals surface area contributed by atoms with Crippen molar-refractivity contribution >= 4 is 39.5 Å². The molecular formula is C67H130O17P2. The lowest BCUT2D eigenvalue weighted by atomic mass is 10.00. The molecular weight excluding hydrogens is 1140 g/mol. The number of carbonyl (C=O) groups is 4. The van der Waals surface area contributed by atoms with Gasteiger partial charge in [0.1, 0.15) is 19.3 Å². The van der Waals surface area contributed by atoms with Gasteiger partial charge in [0.05, 0.1) is 26.4 Å². The monoisotopic (exact) mass is 1270 g/mol. The summed E-state index contributed by atoms with van der Waals surface area (Å²) in [5, 5.41) is 10.6.